The van der Waals surface area contributed by atoms with Crippen molar-refractivity contribution in [2.24, 2.45) is 0 Å². The smallest absolute Gasteiger partial charge is 0.105 e. The van der Waals surface area contributed by atoms with Gasteiger partial charge in [0.05, 0.1) is 23.8 Å². The van der Waals surface area contributed by atoms with E-state index in [0.29, 0.717) is 0 Å². The van der Waals surface area contributed by atoms with Crippen molar-refractivity contribution in [3.05, 3.63) is 56.2 Å². The summed E-state index contributed by atoms with van der Waals surface area (Å²) in [6.45, 7) is 0. The Hall–Kier alpha value is -0.900. The van der Waals surface area contributed by atoms with Gasteiger partial charge in [0.25, 0.3) is 0 Å². The number of halogens is 2. The molecule has 6 heteroatoms. The fourth-order valence-corrected chi connectivity index (χ4v) is 2.84. The highest BCUT2D eigenvalue weighted by molar-refractivity contribution is 14.1. The molecule has 0 amide bonds. The first-order valence-electron chi connectivity index (χ1n) is 5.26. The normalized spacial score (nSPS) is 10.8. The lowest BCUT2D eigenvalue weighted by atomic mass is 10.2. The fourth-order valence-electron chi connectivity index (χ4n) is 1.75. The van der Waals surface area contributed by atoms with Gasteiger partial charge in [-0.25, -0.2) is 9.36 Å². The molecule has 90 valence electrons. The Kier molecular flexibility index (Phi) is 3.37. The molecule has 0 aliphatic heterocycles. The zero-order chi connectivity index (χ0) is 12.5. The minimum absolute atomic E-state index is 1.02. The maximum Gasteiger partial charge on any atom is 0.105 e. The van der Waals surface area contributed by atoms with E-state index in [4.69, 9.17) is 0 Å². The molecule has 0 N–H and O–H groups in total. The van der Waals surface area contributed by atoms with Crippen LogP contribution in [0.5, 0.6) is 0 Å². The van der Waals surface area contributed by atoms with Crippen LogP contribution in [-0.2, 0) is 0 Å². The van der Waals surface area contributed by atoms with Crippen molar-refractivity contribution < 1.29 is 0 Å². The van der Waals surface area contributed by atoms with Crippen LogP contribution in [0.2, 0.25) is 0 Å². The molecular formula is C12H8I2N4. The van der Waals surface area contributed by atoms with E-state index in [0.717, 1.165) is 18.8 Å². The molecular weight excluding hydrogens is 454 g/mol. The molecule has 0 atom stereocenters. The Morgan fingerprint density at radius 1 is 0.722 bits per heavy atom. The summed E-state index contributed by atoms with van der Waals surface area (Å²) in [6.07, 6.45) is 3.60. The highest BCUT2D eigenvalue weighted by Gasteiger charge is 2.11. The summed E-state index contributed by atoms with van der Waals surface area (Å²) in [4.78, 5) is 0. The number of hydrogen-bond donors (Lipinski definition) is 0. The Labute approximate surface area is 131 Å². The van der Waals surface area contributed by atoms with Gasteiger partial charge in [-0.15, -0.1) is 0 Å². The van der Waals surface area contributed by atoms with Crippen LogP contribution in [-0.4, -0.2) is 19.6 Å². The van der Waals surface area contributed by atoms with Crippen LogP contribution in [0, 0.1) is 7.40 Å². The maximum atomic E-state index is 4.35. The molecule has 0 saturated carbocycles. The number of aromatic nitrogens is 4. The van der Waals surface area contributed by atoms with Gasteiger partial charge in [-0.2, -0.15) is 10.2 Å². The summed E-state index contributed by atoms with van der Waals surface area (Å²) in [5.74, 6) is 0. The topological polar surface area (TPSA) is 35.6 Å². The van der Waals surface area contributed by atoms with Crippen LogP contribution in [0.3, 0.4) is 0 Å². The summed E-state index contributed by atoms with van der Waals surface area (Å²) in [5.41, 5.74) is 2.04. The van der Waals surface area contributed by atoms with Crippen LogP contribution in [0.15, 0.2) is 48.8 Å². The largest absolute Gasteiger partial charge is 0.225 e. The van der Waals surface area contributed by atoms with E-state index < -0.39 is 0 Å². The molecule has 0 aliphatic rings. The first-order valence-corrected chi connectivity index (χ1v) is 7.42. The second-order valence-corrected chi connectivity index (χ2v) is 5.83. The molecule has 2 aromatic heterocycles. The molecule has 0 saturated heterocycles. The third-order valence-electron chi connectivity index (χ3n) is 2.53. The van der Waals surface area contributed by atoms with Gasteiger partial charge < -0.3 is 0 Å². The third kappa shape index (κ3) is 2.07. The summed E-state index contributed by atoms with van der Waals surface area (Å²) in [6, 6.07) is 12.1. The van der Waals surface area contributed by atoms with Gasteiger partial charge in [0.15, 0.2) is 0 Å². The zero-order valence-electron chi connectivity index (χ0n) is 9.16. The van der Waals surface area contributed by atoms with Crippen LogP contribution in [0.25, 0.3) is 11.4 Å². The van der Waals surface area contributed by atoms with Crippen molar-refractivity contribution in [3.8, 4) is 11.4 Å². The summed E-state index contributed by atoms with van der Waals surface area (Å²) < 4.78 is 5.96. The lowest BCUT2D eigenvalue weighted by molar-refractivity contribution is 0.804. The van der Waals surface area contributed by atoms with E-state index in [1.54, 1.807) is 12.4 Å². The molecule has 0 unspecified atom stereocenters. The molecule has 0 radical (unpaired) electrons. The average Bonchev–Trinajstić information content (AvgIpc) is 2.98. The zero-order valence-corrected chi connectivity index (χ0v) is 13.5. The molecule has 0 bridgehead atoms. The Balaban J connectivity index is 2.24. The Morgan fingerprint density at radius 3 is 1.50 bits per heavy atom. The SMILES string of the molecule is Ic1ccnn1-c1ccccc1-n1nccc1I. The average molecular weight is 462 g/mol. The molecule has 1 aromatic carbocycles. The summed E-state index contributed by atoms with van der Waals surface area (Å²) >= 11 is 4.54. The molecule has 0 aliphatic carbocycles. The fraction of sp³-hybridized carbons (Fsp3) is 0. The van der Waals surface area contributed by atoms with Crippen molar-refractivity contribution in [1.29, 1.82) is 0 Å². The lowest BCUT2D eigenvalue weighted by Crippen LogP contribution is -2.07. The lowest BCUT2D eigenvalue weighted by Gasteiger charge is -2.11. The molecule has 18 heavy (non-hydrogen) atoms. The predicted molar refractivity (Wildman–Crippen MR) is 86.1 cm³/mol. The van der Waals surface area contributed by atoms with Crippen molar-refractivity contribution in [2.45, 2.75) is 0 Å². The van der Waals surface area contributed by atoms with Gasteiger partial charge in [0.1, 0.15) is 7.40 Å². The van der Waals surface area contributed by atoms with Crippen molar-refractivity contribution in [2.75, 3.05) is 0 Å². The Bertz CT molecular complexity index is 627. The standard InChI is InChI=1S/C12H8I2N4/c13-11-5-7-15-17(11)9-3-1-2-4-10(9)18-12(14)6-8-16-18/h1-8H. The van der Waals surface area contributed by atoms with Gasteiger partial charge in [-0.3, -0.25) is 0 Å². The monoisotopic (exact) mass is 462 g/mol. The van der Waals surface area contributed by atoms with E-state index >= 15 is 0 Å². The van der Waals surface area contributed by atoms with Gasteiger partial charge in [0.2, 0.25) is 0 Å². The second kappa shape index (κ2) is 5.00. The molecule has 2 heterocycles. The van der Waals surface area contributed by atoms with Crippen LogP contribution in [0.4, 0.5) is 0 Å². The first-order chi connectivity index (χ1) is 8.77. The number of hydrogen-bond acceptors (Lipinski definition) is 2. The molecule has 4 nitrogen and oxygen atoms in total. The Morgan fingerprint density at radius 2 is 1.17 bits per heavy atom. The van der Waals surface area contributed by atoms with Crippen LogP contribution < -0.4 is 0 Å². The van der Waals surface area contributed by atoms with Gasteiger partial charge in [0, 0.05) is 0 Å². The maximum absolute atomic E-state index is 4.35. The van der Waals surface area contributed by atoms with Crippen molar-refractivity contribution in [3.63, 3.8) is 0 Å². The van der Waals surface area contributed by atoms with Crippen molar-refractivity contribution in [1.82, 2.24) is 19.6 Å². The minimum atomic E-state index is 1.02. The van der Waals surface area contributed by atoms with Crippen LogP contribution >= 0.6 is 45.2 Å². The van der Waals surface area contributed by atoms with E-state index in [9.17, 15) is 0 Å². The van der Waals surface area contributed by atoms with E-state index in [1.807, 2.05) is 45.8 Å². The van der Waals surface area contributed by atoms with E-state index in [2.05, 4.69) is 55.4 Å². The molecule has 3 rings (SSSR count). The number of benzene rings is 1. The predicted octanol–water partition coefficient (Wildman–Crippen LogP) is 3.27. The highest BCUT2D eigenvalue weighted by atomic mass is 127. The third-order valence-corrected chi connectivity index (χ3v) is 4.16. The quantitative estimate of drug-likeness (QED) is 0.549. The van der Waals surface area contributed by atoms with Crippen molar-refractivity contribution >= 4 is 45.2 Å². The number of rotatable bonds is 2. The first kappa shape index (κ1) is 12.2. The number of para-hydroxylation sites is 2. The molecule has 0 fully saturated rings. The van der Waals surface area contributed by atoms with Gasteiger partial charge in [-0.05, 0) is 69.4 Å². The summed E-state index contributed by atoms with van der Waals surface area (Å²) in [7, 11) is 0. The molecule has 3 aromatic rings. The second-order valence-electron chi connectivity index (χ2n) is 3.62. The highest BCUT2D eigenvalue weighted by Crippen LogP contribution is 2.22. The van der Waals surface area contributed by atoms with Gasteiger partial charge >= 0.3 is 0 Å². The summed E-state index contributed by atoms with van der Waals surface area (Å²) in [5, 5.41) is 8.70. The van der Waals surface area contributed by atoms with Crippen LogP contribution in [0.1, 0.15) is 0 Å². The molecule has 0 spiro atoms. The van der Waals surface area contributed by atoms with Gasteiger partial charge in [-0.1, -0.05) is 12.1 Å². The minimum Gasteiger partial charge on any atom is -0.225 e. The van der Waals surface area contributed by atoms with E-state index in [1.165, 1.54) is 0 Å². The van der Waals surface area contributed by atoms with E-state index in [-0.39, 0.29) is 0 Å². The number of nitrogens with zero attached hydrogens (tertiary/aromatic N) is 4.